The summed E-state index contributed by atoms with van der Waals surface area (Å²) in [5.74, 6) is 0.180. The van der Waals surface area contributed by atoms with Crippen LogP contribution in [0.25, 0.3) is 0 Å². The Labute approximate surface area is 179 Å². The van der Waals surface area contributed by atoms with E-state index in [-0.39, 0.29) is 12.2 Å². The molecule has 0 aromatic heterocycles. The maximum Gasteiger partial charge on any atom is 0.338 e. The minimum Gasteiger partial charge on any atom is -0.507 e. The average Bonchev–Trinajstić information content (AvgIpc) is 2.46. The van der Waals surface area contributed by atoms with Crippen molar-refractivity contribution >= 4 is 73.7 Å². The number of benzene rings is 2. The van der Waals surface area contributed by atoms with Gasteiger partial charge in [0, 0.05) is 6.42 Å². The van der Waals surface area contributed by atoms with Crippen LogP contribution in [-0.4, -0.2) is 21.8 Å². The Balaban J connectivity index is 2.30. The number of rotatable bonds is 5. The van der Waals surface area contributed by atoms with Gasteiger partial charge in [0.1, 0.15) is 11.5 Å². The largest absolute Gasteiger partial charge is 0.507 e. The number of ether oxygens (including phenoxy) is 1. The lowest BCUT2D eigenvalue weighted by Gasteiger charge is -2.20. The summed E-state index contributed by atoms with van der Waals surface area (Å²) >= 11 is 6.24. The molecule has 0 atom stereocenters. The molecule has 24 heavy (non-hydrogen) atoms. The highest BCUT2D eigenvalue weighted by molar-refractivity contribution is 14.1. The summed E-state index contributed by atoms with van der Waals surface area (Å²) in [6.45, 7) is 0. The summed E-state index contributed by atoms with van der Waals surface area (Å²) in [6.07, 6.45) is 0.00568. The summed E-state index contributed by atoms with van der Waals surface area (Å²) < 4.78 is 8.19. The number of carbonyl (C=O) groups is 1. The van der Waals surface area contributed by atoms with Crippen LogP contribution in [0, 0.1) is 10.7 Å². The molecule has 128 valence electrons. The van der Waals surface area contributed by atoms with Crippen molar-refractivity contribution in [2.24, 2.45) is 11.5 Å². The summed E-state index contributed by atoms with van der Waals surface area (Å²) in [5, 5.41) is 18.6. The average molecular weight is 666 g/mol. The fourth-order valence-electron chi connectivity index (χ4n) is 1.89. The number of nitrogens with two attached hydrogens (primary N) is 2. The number of carboxylic acid groups (broad SMARTS) is 1. The standard InChI is InChI=1S/C15H13I3N2O4/c16-9-5-8(1-2-12(9)21)24-13-10(17)3-7(4-11(13)18)6-15(19,20)14(22)23/h1-5,21H,6,19-20H2,(H,22,23). The second-order valence-corrected chi connectivity index (χ2v) is 8.61. The molecule has 0 amide bonds. The molecule has 0 radical (unpaired) electrons. The van der Waals surface area contributed by atoms with Crippen molar-refractivity contribution in [2.75, 3.05) is 0 Å². The van der Waals surface area contributed by atoms with Crippen molar-refractivity contribution in [1.29, 1.82) is 0 Å². The van der Waals surface area contributed by atoms with Gasteiger partial charge in [-0.05, 0) is 104 Å². The Hall–Kier alpha value is -0.380. The van der Waals surface area contributed by atoms with Gasteiger partial charge in [-0.25, -0.2) is 4.79 Å². The van der Waals surface area contributed by atoms with E-state index in [9.17, 15) is 9.90 Å². The van der Waals surface area contributed by atoms with E-state index in [4.69, 9.17) is 21.3 Å². The fraction of sp³-hybridized carbons (Fsp3) is 0.133. The number of hydrogen-bond donors (Lipinski definition) is 4. The van der Waals surface area contributed by atoms with Gasteiger partial charge < -0.3 is 26.4 Å². The van der Waals surface area contributed by atoms with Crippen LogP contribution in [0.2, 0.25) is 0 Å². The molecule has 0 fully saturated rings. The predicted octanol–water partition coefficient (Wildman–Crippen LogP) is 3.24. The van der Waals surface area contributed by atoms with Crippen LogP contribution < -0.4 is 16.2 Å². The zero-order valence-corrected chi connectivity index (χ0v) is 18.6. The maximum atomic E-state index is 11.1. The van der Waals surface area contributed by atoms with E-state index in [2.05, 4.69) is 45.2 Å². The second-order valence-electron chi connectivity index (χ2n) is 5.13. The summed E-state index contributed by atoms with van der Waals surface area (Å²) in [6, 6.07) is 8.55. The molecule has 0 heterocycles. The van der Waals surface area contributed by atoms with E-state index in [0.717, 1.165) is 7.14 Å². The van der Waals surface area contributed by atoms with Gasteiger partial charge >= 0.3 is 5.97 Å². The van der Waals surface area contributed by atoms with Gasteiger partial charge in [0.15, 0.2) is 11.4 Å². The third-order valence-electron chi connectivity index (χ3n) is 3.09. The molecule has 0 saturated heterocycles. The zero-order chi connectivity index (χ0) is 18.1. The first-order valence-electron chi connectivity index (χ1n) is 6.55. The van der Waals surface area contributed by atoms with E-state index >= 15 is 0 Å². The number of aliphatic carboxylic acids is 1. The number of aromatic hydroxyl groups is 1. The minimum atomic E-state index is -1.82. The molecule has 0 spiro atoms. The lowest BCUT2D eigenvalue weighted by atomic mass is 10.0. The van der Waals surface area contributed by atoms with Gasteiger partial charge in [0.05, 0.1) is 10.7 Å². The van der Waals surface area contributed by atoms with Gasteiger partial charge in [-0.1, -0.05) is 0 Å². The predicted molar refractivity (Wildman–Crippen MR) is 115 cm³/mol. The third-order valence-corrected chi connectivity index (χ3v) is 5.56. The maximum absolute atomic E-state index is 11.1. The zero-order valence-electron chi connectivity index (χ0n) is 12.1. The highest BCUT2D eigenvalue weighted by Gasteiger charge is 2.29. The van der Waals surface area contributed by atoms with Crippen molar-refractivity contribution in [3.05, 3.63) is 46.6 Å². The molecule has 0 aliphatic heterocycles. The molecule has 9 heteroatoms. The summed E-state index contributed by atoms with van der Waals surface area (Å²) in [4.78, 5) is 11.1. The Kier molecular flexibility index (Phi) is 6.55. The molecule has 0 bridgehead atoms. The quantitative estimate of drug-likeness (QED) is 0.288. The van der Waals surface area contributed by atoms with Crippen molar-refractivity contribution in [3.63, 3.8) is 0 Å². The second kappa shape index (κ2) is 7.88. The Morgan fingerprint density at radius 2 is 1.67 bits per heavy atom. The first-order chi connectivity index (χ1) is 11.1. The van der Waals surface area contributed by atoms with Crippen LogP contribution in [0.15, 0.2) is 30.3 Å². The molecule has 2 aromatic rings. The van der Waals surface area contributed by atoms with Crippen molar-refractivity contribution in [3.8, 4) is 17.2 Å². The summed E-state index contributed by atoms with van der Waals surface area (Å²) in [7, 11) is 0. The van der Waals surface area contributed by atoms with Crippen LogP contribution in [0.3, 0.4) is 0 Å². The first kappa shape index (κ1) is 19.9. The smallest absolute Gasteiger partial charge is 0.338 e. The molecule has 0 unspecified atom stereocenters. The number of phenolic OH excluding ortho intramolecular Hbond substituents is 1. The number of halogens is 3. The minimum absolute atomic E-state index is 0.00568. The van der Waals surface area contributed by atoms with Gasteiger partial charge in [-0.3, -0.25) is 0 Å². The molecule has 0 saturated carbocycles. The van der Waals surface area contributed by atoms with E-state index in [0.29, 0.717) is 20.6 Å². The van der Waals surface area contributed by atoms with Gasteiger partial charge in [0.25, 0.3) is 0 Å². The van der Waals surface area contributed by atoms with Gasteiger partial charge in [-0.15, -0.1) is 0 Å². The molecule has 2 rings (SSSR count). The lowest BCUT2D eigenvalue weighted by molar-refractivity contribution is -0.143. The van der Waals surface area contributed by atoms with Crippen molar-refractivity contribution in [2.45, 2.75) is 12.1 Å². The van der Waals surface area contributed by atoms with Crippen molar-refractivity contribution < 1.29 is 19.7 Å². The lowest BCUT2D eigenvalue weighted by Crippen LogP contribution is -2.58. The number of phenols is 1. The number of hydrogen-bond acceptors (Lipinski definition) is 5. The fourth-order valence-corrected chi connectivity index (χ4v) is 4.50. The molecule has 0 aliphatic carbocycles. The Bertz CT molecular complexity index is 773. The Morgan fingerprint density at radius 1 is 1.08 bits per heavy atom. The molecule has 0 aliphatic rings. The van der Waals surface area contributed by atoms with Crippen LogP contribution in [0.5, 0.6) is 17.2 Å². The van der Waals surface area contributed by atoms with Crippen molar-refractivity contribution in [1.82, 2.24) is 0 Å². The van der Waals surface area contributed by atoms with E-state index in [1.807, 2.05) is 22.6 Å². The van der Waals surface area contributed by atoms with E-state index in [1.54, 1.807) is 30.3 Å². The Morgan fingerprint density at radius 3 is 2.17 bits per heavy atom. The third kappa shape index (κ3) is 4.83. The SMILES string of the molecule is NC(N)(Cc1cc(I)c(Oc2ccc(O)c(I)c2)c(I)c1)C(=O)O. The first-order valence-corrected chi connectivity index (χ1v) is 9.79. The molecule has 2 aromatic carbocycles. The summed E-state index contributed by atoms with van der Waals surface area (Å²) in [5.41, 5.74) is 10.1. The van der Waals surface area contributed by atoms with Gasteiger partial charge in [-0.2, -0.15) is 0 Å². The molecular weight excluding hydrogens is 653 g/mol. The van der Waals surface area contributed by atoms with E-state index < -0.39 is 11.6 Å². The monoisotopic (exact) mass is 666 g/mol. The van der Waals surface area contributed by atoms with Crippen LogP contribution in [0.4, 0.5) is 0 Å². The van der Waals surface area contributed by atoms with Crippen LogP contribution in [0.1, 0.15) is 5.56 Å². The highest BCUT2D eigenvalue weighted by Crippen LogP contribution is 2.35. The molecular formula is C15H13I3N2O4. The normalized spacial score (nSPS) is 11.4. The van der Waals surface area contributed by atoms with Gasteiger partial charge in [0.2, 0.25) is 0 Å². The molecule has 6 N–H and O–H groups in total. The van der Waals surface area contributed by atoms with Crippen LogP contribution >= 0.6 is 67.8 Å². The number of carboxylic acids is 1. The topological polar surface area (TPSA) is 119 Å². The van der Waals surface area contributed by atoms with E-state index in [1.165, 1.54) is 0 Å². The molecule has 6 nitrogen and oxygen atoms in total. The highest BCUT2D eigenvalue weighted by atomic mass is 127. The van der Waals surface area contributed by atoms with Crippen LogP contribution in [-0.2, 0) is 11.2 Å².